The molecule has 0 atom stereocenters. The van der Waals surface area contributed by atoms with Crippen LogP contribution in [0.5, 0.6) is 0 Å². The minimum Gasteiger partial charge on any atom is -0.199 e. The van der Waals surface area contributed by atoms with Gasteiger partial charge in [0.2, 0.25) is 0 Å². The van der Waals surface area contributed by atoms with Crippen molar-refractivity contribution in [3.63, 3.8) is 0 Å². The summed E-state index contributed by atoms with van der Waals surface area (Å²) in [4.78, 5) is 0.188. The van der Waals surface area contributed by atoms with E-state index in [0.717, 1.165) is 20.8 Å². The van der Waals surface area contributed by atoms with E-state index in [1.165, 1.54) is 6.20 Å². The highest BCUT2D eigenvalue weighted by molar-refractivity contribution is 9.08. The first kappa shape index (κ1) is 15.9. The van der Waals surface area contributed by atoms with Crippen LogP contribution in [0, 0.1) is 6.92 Å². The Bertz CT molecular complexity index is 934. The van der Waals surface area contributed by atoms with E-state index in [2.05, 4.69) is 26.2 Å². The predicted molar refractivity (Wildman–Crippen MR) is 91.9 cm³/mol. The van der Waals surface area contributed by atoms with Gasteiger partial charge in [-0.05, 0) is 24.6 Å². The highest BCUT2D eigenvalue weighted by Gasteiger charge is 2.19. The molecule has 7 heteroatoms. The van der Waals surface area contributed by atoms with E-state index >= 15 is 0 Å². The van der Waals surface area contributed by atoms with Gasteiger partial charge in [-0.15, -0.1) is 9.19 Å². The fourth-order valence-corrected chi connectivity index (χ4v) is 3.75. The average molecular weight is 392 g/mol. The van der Waals surface area contributed by atoms with Crippen molar-refractivity contribution < 1.29 is 8.42 Å². The van der Waals surface area contributed by atoms with E-state index in [1.54, 1.807) is 24.3 Å². The molecule has 0 aliphatic heterocycles. The summed E-state index contributed by atoms with van der Waals surface area (Å²) in [5.41, 5.74) is 3.40. The molecular formula is C16H14BrN3O2S. The lowest BCUT2D eigenvalue weighted by Crippen LogP contribution is -2.13. The van der Waals surface area contributed by atoms with E-state index in [9.17, 15) is 8.42 Å². The van der Waals surface area contributed by atoms with Crippen molar-refractivity contribution in [3.05, 3.63) is 65.9 Å². The Morgan fingerprint density at radius 1 is 1.09 bits per heavy atom. The Morgan fingerprint density at radius 2 is 1.78 bits per heavy atom. The Balaban J connectivity index is 2.03. The summed E-state index contributed by atoms with van der Waals surface area (Å²) in [5.74, 6) is 0. The zero-order chi connectivity index (χ0) is 16.4. The molecule has 0 saturated heterocycles. The van der Waals surface area contributed by atoms with Gasteiger partial charge in [0, 0.05) is 10.9 Å². The molecule has 3 rings (SSSR count). The Morgan fingerprint density at radius 3 is 2.48 bits per heavy atom. The number of alkyl halides is 1. The lowest BCUT2D eigenvalue weighted by molar-refractivity contribution is 0.577. The molecule has 1 heterocycles. The Hall–Kier alpha value is -1.99. The molecule has 0 amide bonds. The van der Waals surface area contributed by atoms with Crippen LogP contribution < -0.4 is 0 Å². The van der Waals surface area contributed by atoms with E-state index in [1.807, 2.05) is 31.2 Å². The van der Waals surface area contributed by atoms with Crippen LogP contribution in [-0.4, -0.2) is 22.8 Å². The highest BCUT2D eigenvalue weighted by atomic mass is 79.9. The number of nitrogens with zero attached hydrogens (tertiary/aromatic N) is 3. The quantitative estimate of drug-likeness (QED) is 0.639. The van der Waals surface area contributed by atoms with Gasteiger partial charge in [0.05, 0.1) is 11.1 Å². The second-order valence-electron chi connectivity index (χ2n) is 5.09. The number of hydrogen-bond acceptors (Lipinski definition) is 4. The molecule has 0 radical (unpaired) electrons. The summed E-state index contributed by atoms with van der Waals surface area (Å²) in [5, 5.41) is 8.47. The lowest BCUT2D eigenvalue weighted by atomic mass is 10.1. The van der Waals surface area contributed by atoms with Gasteiger partial charge in [-0.3, -0.25) is 0 Å². The molecule has 118 valence electrons. The molecule has 0 fully saturated rings. The summed E-state index contributed by atoms with van der Waals surface area (Å²) in [7, 11) is -3.73. The summed E-state index contributed by atoms with van der Waals surface area (Å²) in [6, 6.07) is 14.3. The fraction of sp³-hybridized carbons (Fsp3) is 0.125. The van der Waals surface area contributed by atoms with Gasteiger partial charge in [0.1, 0.15) is 5.69 Å². The number of hydrogen-bond donors (Lipinski definition) is 0. The predicted octanol–water partition coefficient (Wildman–Crippen LogP) is 3.39. The molecule has 0 saturated carbocycles. The molecule has 0 aliphatic carbocycles. The number of aryl methyl sites for hydroxylation is 1. The van der Waals surface area contributed by atoms with Crippen molar-refractivity contribution in [3.8, 4) is 11.3 Å². The van der Waals surface area contributed by atoms with Crippen LogP contribution in [-0.2, 0) is 15.4 Å². The van der Waals surface area contributed by atoms with Gasteiger partial charge < -0.3 is 0 Å². The zero-order valence-electron chi connectivity index (χ0n) is 12.3. The maximum atomic E-state index is 12.6. The number of rotatable bonds is 4. The van der Waals surface area contributed by atoms with Crippen LogP contribution in [0.4, 0.5) is 0 Å². The Kier molecular flexibility index (Phi) is 4.32. The molecule has 0 spiro atoms. The van der Waals surface area contributed by atoms with Crippen molar-refractivity contribution in [2.75, 3.05) is 0 Å². The molecule has 23 heavy (non-hydrogen) atoms. The van der Waals surface area contributed by atoms with Gasteiger partial charge in [-0.2, -0.15) is 8.42 Å². The van der Waals surface area contributed by atoms with Crippen LogP contribution in [0.15, 0.2) is 59.6 Å². The standard InChI is InChI=1S/C16H14BrN3O2S/c1-12-6-8-14(9-7-12)23(21,22)20-11-16(18-19-20)15-5-3-2-4-13(15)10-17/h2-9,11H,10H2,1H3. The molecule has 0 aliphatic rings. The normalized spacial score (nSPS) is 11.6. The SMILES string of the molecule is Cc1ccc(S(=O)(=O)n2cc(-c3ccccc3CBr)nn2)cc1. The second kappa shape index (κ2) is 6.25. The first-order valence-corrected chi connectivity index (χ1v) is 9.47. The number of aromatic nitrogens is 3. The summed E-state index contributed by atoms with van der Waals surface area (Å²) in [6.07, 6.45) is 1.44. The largest absolute Gasteiger partial charge is 0.284 e. The molecular weight excluding hydrogens is 378 g/mol. The van der Waals surface area contributed by atoms with Crippen molar-refractivity contribution in [2.24, 2.45) is 0 Å². The zero-order valence-corrected chi connectivity index (χ0v) is 14.8. The minimum absolute atomic E-state index is 0.188. The average Bonchev–Trinajstić information content (AvgIpc) is 3.06. The topological polar surface area (TPSA) is 64.8 Å². The van der Waals surface area contributed by atoms with Crippen molar-refractivity contribution in [1.29, 1.82) is 0 Å². The molecule has 5 nitrogen and oxygen atoms in total. The second-order valence-corrected chi connectivity index (χ2v) is 7.44. The third-order valence-corrected chi connectivity index (χ3v) is 5.62. The van der Waals surface area contributed by atoms with Crippen LogP contribution in [0.2, 0.25) is 0 Å². The van der Waals surface area contributed by atoms with Crippen molar-refractivity contribution >= 4 is 26.0 Å². The smallest absolute Gasteiger partial charge is 0.199 e. The highest BCUT2D eigenvalue weighted by Crippen LogP contribution is 2.24. The third kappa shape index (κ3) is 3.07. The Labute approximate surface area is 143 Å². The summed E-state index contributed by atoms with van der Waals surface area (Å²) >= 11 is 3.42. The third-order valence-electron chi connectivity index (χ3n) is 3.48. The van der Waals surface area contributed by atoms with Gasteiger partial charge >= 0.3 is 0 Å². The van der Waals surface area contributed by atoms with Crippen LogP contribution in [0.3, 0.4) is 0 Å². The maximum Gasteiger partial charge on any atom is 0.284 e. The lowest BCUT2D eigenvalue weighted by Gasteiger charge is -2.04. The summed E-state index contributed by atoms with van der Waals surface area (Å²) in [6.45, 7) is 1.90. The molecule has 0 N–H and O–H groups in total. The number of halogens is 1. The minimum atomic E-state index is -3.73. The van der Waals surface area contributed by atoms with Gasteiger partial charge in [0.25, 0.3) is 10.0 Å². The van der Waals surface area contributed by atoms with Gasteiger partial charge in [-0.25, -0.2) is 0 Å². The maximum absolute atomic E-state index is 12.6. The summed E-state index contributed by atoms with van der Waals surface area (Å²) < 4.78 is 26.1. The van der Waals surface area contributed by atoms with Crippen molar-refractivity contribution in [2.45, 2.75) is 17.1 Å². The van der Waals surface area contributed by atoms with Gasteiger partial charge in [-0.1, -0.05) is 63.1 Å². The van der Waals surface area contributed by atoms with Crippen LogP contribution in [0.25, 0.3) is 11.3 Å². The van der Waals surface area contributed by atoms with E-state index in [-0.39, 0.29) is 4.90 Å². The van der Waals surface area contributed by atoms with Crippen molar-refractivity contribution in [1.82, 2.24) is 14.4 Å². The van der Waals surface area contributed by atoms with E-state index in [0.29, 0.717) is 11.0 Å². The monoisotopic (exact) mass is 391 g/mol. The molecule has 2 aromatic carbocycles. The molecule has 3 aromatic rings. The van der Waals surface area contributed by atoms with Crippen LogP contribution in [0.1, 0.15) is 11.1 Å². The first-order valence-electron chi connectivity index (χ1n) is 6.91. The fourth-order valence-electron chi connectivity index (χ4n) is 2.19. The van der Waals surface area contributed by atoms with E-state index < -0.39 is 10.0 Å². The first-order chi connectivity index (χ1) is 11.0. The molecule has 0 bridgehead atoms. The van der Waals surface area contributed by atoms with E-state index in [4.69, 9.17) is 0 Å². The molecule has 0 unspecified atom stereocenters. The number of benzene rings is 2. The van der Waals surface area contributed by atoms with Crippen LogP contribution >= 0.6 is 15.9 Å². The van der Waals surface area contributed by atoms with Gasteiger partial charge in [0.15, 0.2) is 0 Å². The molecule has 1 aromatic heterocycles.